The summed E-state index contributed by atoms with van der Waals surface area (Å²) in [4.78, 5) is 0. The van der Waals surface area contributed by atoms with Crippen LogP contribution in [0.25, 0.3) is 22.8 Å². The van der Waals surface area contributed by atoms with Gasteiger partial charge < -0.3 is 0 Å². The lowest BCUT2D eigenvalue weighted by Crippen LogP contribution is -2.30. The Morgan fingerprint density at radius 2 is 1.45 bits per heavy atom. The number of hydrogen-bond acceptors (Lipinski definition) is 0. The minimum Gasteiger partial charge on any atom is -0.0654 e. The summed E-state index contributed by atoms with van der Waals surface area (Å²) in [5, 5.41) is 2.73. The molecule has 3 aromatic rings. The second-order valence-electron chi connectivity index (χ2n) is 9.94. The van der Waals surface area contributed by atoms with Crippen LogP contribution in [0.4, 0.5) is 0 Å². The summed E-state index contributed by atoms with van der Waals surface area (Å²) < 4.78 is 0. The molecule has 0 N–H and O–H groups in total. The van der Waals surface area contributed by atoms with E-state index in [0.29, 0.717) is 0 Å². The van der Waals surface area contributed by atoms with E-state index in [9.17, 15) is 0 Å². The molecular formula is C33H34. The molecule has 1 unspecified atom stereocenters. The lowest BCUT2D eigenvalue weighted by atomic mass is 9.66. The minimum atomic E-state index is -0.0212. The fourth-order valence-electron chi connectivity index (χ4n) is 5.87. The SMILES string of the molecule is CCCCC1(c2ccccc2C)C=C2C=c3cc(-c4ccccc4C)c(C)cc3=C2C=C1C. The molecule has 2 aliphatic carbocycles. The quantitative estimate of drug-likeness (QED) is 0.400. The molecule has 0 saturated carbocycles. The van der Waals surface area contributed by atoms with Crippen LogP contribution in [0.15, 0.2) is 84.0 Å². The summed E-state index contributed by atoms with van der Waals surface area (Å²) in [5.74, 6) is 0. The summed E-state index contributed by atoms with van der Waals surface area (Å²) in [6.07, 6.45) is 11.1. The van der Waals surface area contributed by atoms with Crippen LogP contribution in [-0.2, 0) is 5.41 Å². The van der Waals surface area contributed by atoms with Crippen LogP contribution in [-0.4, -0.2) is 0 Å². The molecule has 0 heteroatoms. The number of benzene rings is 3. The number of allylic oxidation sites excluding steroid dienone is 4. The molecule has 0 bridgehead atoms. The monoisotopic (exact) mass is 430 g/mol. The van der Waals surface area contributed by atoms with Crippen molar-refractivity contribution in [1.82, 2.24) is 0 Å². The first-order valence-electron chi connectivity index (χ1n) is 12.4. The van der Waals surface area contributed by atoms with Crippen molar-refractivity contribution in [3.05, 3.63) is 117 Å². The third-order valence-electron chi connectivity index (χ3n) is 7.76. The van der Waals surface area contributed by atoms with Gasteiger partial charge in [-0.1, -0.05) is 92.1 Å². The van der Waals surface area contributed by atoms with Crippen LogP contribution >= 0.6 is 0 Å². The van der Waals surface area contributed by atoms with Gasteiger partial charge in [-0.05, 0) is 101 Å². The molecule has 166 valence electrons. The molecule has 0 nitrogen and oxygen atoms in total. The van der Waals surface area contributed by atoms with Crippen molar-refractivity contribution in [3.8, 4) is 11.1 Å². The Kier molecular flexibility index (Phi) is 5.49. The summed E-state index contributed by atoms with van der Waals surface area (Å²) >= 11 is 0. The Bertz CT molecular complexity index is 1430. The summed E-state index contributed by atoms with van der Waals surface area (Å²) in [6.45, 7) is 11.4. The highest BCUT2D eigenvalue weighted by molar-refractivity contribution is 5.91. The number of hydrogen-bond donors (Lipinski definition) is 0. The van der Waals surface area contributed by atoms with E-state index in [-0.39, 0.29) is 5.41 Å². The van der Waals surface area contributed by atoms with Gasteiger partial charge in [-0.3, -0.25) is 0 Å². The average molecular weight is 431 g/mol. The van der Waals surface area contributed by atoms with Crippen LogP contribution in [0.5, 0.6) is 0 Å². The first kappa shape index (κ1) is 21.7. The first-order chi connectivity index (χ1) is 15.9. The van der Waals surface area contributed by atoms with Crippen LogP contribution in [0, 0.1) is 20.8 Å². The van der Waals surface area contributed by atoms with E-state index >= 15 is 0 Å². The zero-order valence-corrected chi connectivity index (χ0v) is 20.6. The van der Waals surface area contributed by atoms with Gasteiger partial charge in [0.25, 0.3) is 0 Å². The lowest BCUT2D eigenvalue weighted by Gasteiger charge is -2.37. The standard InChI is InChI=1S/C33H34/c1-6-7-16-33(32-15-11-9-13-23(32)3)21-27-19-26-20-29(28-14-10-8-12-22(28)2)24(4)17-30(26)31(27)18-25(33)5/h8-15,17-21H,6-7,16H2,1-5H3. The normalized spacial score (nSPS) is 18.9. The third kappa shape index (κ3) is 3.53. The van der Waals surface area contributed by atoms with E-state index in [1.54, 1.807) is 0 Å². The zero-order valence-electron chi connectivity index (χ0n) is 20.6. The van der Waals surface area contributed by atoms with E-state index in [0.717, 1.165) is 6.42 Å². The molecule has 0 saturated heterocycles. The molecule has 5 rings (SSSR count). The second kappa shape index (κ2) is 8.34. The van der Waals surface area contributed by atoms with E-state index in [1.807, 2.05) is 0 Å². The molecule has 33 heavy (non-hydrogen) atoms. The number of aryl methyl sites for hydroxylation is 3. The largest absolute Gasteiger partial charge is 0.0654 e. The summed E-state index contributed by atoms with van der Waals surface area (Å²) in [7, 11) is 0. The van der Waals surface area contributed by atoms with Gasteiger partial charge in [0.1, 0.15) is 0 Å². The third-order valence-corrected chi connectivity index (χ3v) is 7.76. The van der Waals surface area contributed by atoms with Gasteiger partial charge >= 0.3 is 0 Å². The maximum Gasteiger partial charge on any atom is 0.0353 e. The van der Waals surface area contributed by atoms with Gasteiger partial charge in [0.15, 0.2) is 0 Å². The van der Waals surface area contributed by atoms with Gasteiger partial charge in [-0.2, -0.15) is 0 Å². The average Bonchev–Trinajstić information content (AvgIpc) is 3.13. The first-order valence-corrected chi connectivity index (χ1v) is 12.4. The maximum absolute atomic E-state index is 2.58. The Hall–Kier alpha value is -3.12. The van der Waals surface area contributed by atoms with E-state index < -0.39 is 0 Å². The number of fused-ring (bicyclic) bond motifs is 2. The van der Waals surface area contributed by atoms with Crippen molar-refractivity contribution in [2.75, 3.05) is 0 Å². The Morgan fingerprint density at radius 3 is 2.18 bits per heavy atom. The molecule has 0 amide bonds. The lowest BCUT2D eigenvalue weighted by molar-refractivity contribution is 0.529. The molecule has 0 spiro atoms. The number of rotatable bonds is 5. The van der Waals surface area contributed by atoms with Gasteiger partial charge in [0, 0.05) is 5.41 Å². The minimum absolute atomic E-state index is 0.0212. The fourth-order valence-corrected chi connectivity index (χ4v) is 5.87. The highest BCUT2D eigenvalue weighted by Gasteiger charge is 2.36. The summed E-state index contributed by atoms with van der Waals surface area (Å²) in [5.41, 5.74) is 12.4. The van der Waals surface area contributed by atoms with Crippen LogP contribution < -0.4 is 10.4 Å². The van der Waals surface area contributed by atoms with Crippen molar-refractivity contribution in [2.24, 2.45) is 0 Å². The second-order valence-corrected chi connectivity index (χ2v) is 9.94. The molecule has 1 atom stereocenters. The highest BCUT2D eigenvalue weighted by Crippen LogP contribution is 2.46. The van der Waals surface area contributed by atoms with E-state index in [4.69, 9.17) is 0 Å². The van der Waals surface area contributed by atoms with Crippen LogP contribution in [0.1, 0.15) is 55.4 Å². The predicted molar refractivity (Wildman–Crippen MR) is 143 cm³/mol. The molecule has 0 radical (unpaired) electrons. The highest BCUT2D eigenvalue weighted by atomic mass is 14.4. The summed E-state index contributed by atoms with van der Waals surface area (Å²) in [6, 6.07) is 22.5. The molecular weight excluding hydrogens is 396 g/mol. The van der Waals surface area contributed by atoms with Crippen molar-refractivity contribution in [2.45, 2.75) is 59.3 Å². The molecule has 0 aromatic heterocycles. The molecule has 0 aliphatic heterocycles. The van der Waals surface area contributed by atoms with Gasteiger partial charge in [-0.25, -0.2) is 0 Å². The molecule has 2 aliphatic rings. The van der Waals surface area contributed by atoms with Crippen molar-refractivity contribution < 1.29 is 0 Å². The molecule has 3 aromatic carbocycles. The van der Waals surface area contributed by atoms with Crippen molar-refractivity contribution in [3.63, 3.8) is 0 Å². The van der Waals surface area contributed by atoms with Gasteiger partial charge in [0.2, 0.25) is 0 Å². The topological polar surface area (TPSA) is 0 Å². The predicted octanol–water partition coefficient (Wildman–Crippen LogP) is 7.24. The zero-order chi connectivity index (χ0) is 23.2. The Morgan fingerprint density at radius 1 is 0.727 bits per heavy atom. The molecule has 0 fully saturated rings. The Balaban J connectivity index is 1.72. The van der Waals surface area contributed by atoms with Crippen molar-refractivity contribution in [1.29, 1.82) is 0 Å². The van der Waals surface area contributed by atoms with E-state index in [2.05, 4.69) is 114 Å². The van der Waals surface area contributed by atoms with Gasteiger partial charge in [0.05, 0.1) is 0 Å². The molecule has 0 heterocycles. The van der Waals surface area contributed by atoms with Crippen LogP contribution in [0.2, 0.25) is 0 Å². The smallest absolute Gasteiger partial charge is 0.0353 e. The van der Waals surface area contributed by atoms with Crippen LogP contribution in [0.3, 0.4) is 0 Å². The van der Waals surface area contributed by atoms with Gasteiger partial charge in [-0.15, -0.1) is 0 Å². The fraction of sp³-hybridized carbons (Fsp3) is 0.273. The van der Waals surface area contributed by atoms with Crippen molar-refractivity contribution >= 4 is 11.6 Å². The maximum atomic E-state index is 2.58. The number of unbranched alkanes of at least 4 members (excludes halogenated alkanes) is 1. The Labute approximate surface area is 198 Å². The van der Waals surface area contributed by atoms with E-state index in [1.165, 1.54) is 73.4 Å².